The fourth-order valence-corrected chi connectivity index (χ4v) is 2.24. The van der Waals surface area contributed by atoms with Crippen molar-refractivity contribution in [3.63, 3.8) is 0 Å². The van der Waals surface area contributed by atoms with Gasteiger partial charge in [0.05, 0.1) is 19.3 Å². The molecule has 1 aromatic carbocycles. The largest absolute Gasteiger partial charge is 0.496 e. The van der Waals surface area contributed by atoms with E-state index in [1.54, 1.807) is 7.11 Å². The van der Waals surface area contributed by atoms with Crippen LogP contribution < -0.4 is 10.1 Å². The maximum Gasteiger partial charge on any atom is 0.128 e. The summed E-state index contributed by atoms with van der Waals surface area (Å²) in [6.07, 6.45) is 2.58. The van der Waals surface area contributed by atoms with Gasteiger partial charge in [-0.2, -0.15) is 0 Å². The van der Waals surface area contributed by atoms with E-state index >= 15 is 0 Å². The van der Waals surface area contributed by atoms with Crippen molar-refractivity contribution in [3.8, 4) is 17.0 Å². The lowest BCUT2D eigenvalue weighted by Crippen LogP contribution is -2.16. The van der Waals surface area contributed by atoms with Gasteiger partial charge in [0.2, 0.25) is 0 Å². The zero-order valence-corrected chi connectivity index (χ0v) is 11.4. The molecule has 0 atom stereocenters. The summed E-state index contributed by atoms with van der Waals surface area (Å²) in [6.45, 7) is 2.86. The van der Waals surface area contributed by atoms with E-state index in [9.17, 15) is 0 Å². The molecule has 0 radical (unpaired) electrons. The molecule has 0 saturated heterocycles. The average Bonchev–Trinajstić information content (AvgIpc) is 3.19. The van der Waals surface area contributed by atoms with Crippen LogP contribution in [0.1, 0.15) is 24.4 Å². The maximum atomic E-state index is 5.40. The van der Waals surface area contributed by atoms with E-state index in [1.165, 1.54) is 12.8 Å². The SMILES string of the molecule is COc1ccccc1-c1nc(CNC2CC2)[nH]c1C. The quantitative estimate of drug-likeness (QED) is 0.865. The zero-order valence-electron chi connectivity index (χ0n) is 11.4. The van der Waals surface area contributed by atoms with Gasteiger partial charge in [0.1, 0.15) is 11.6 Å². The molecule has 2 aromatic rings. The third-order valence-electron chi connectivity index (χ3n) is 3.43. The highest BCUT2D eigenvalue weighted by Crippen LogP contribution is 2.30. The zero-order chi connectivity index (χ0) is 13.2. The van der Waals surface area contributed by atoms with Gasteiger partial charge in [0, 0.05) is 17.3 Å². The molecule has 19 heavy (non-hydrogen) atoms. The van der Waals surface area contributed by atoms with Crippen LogP contribution in [0.4, 0.5) is 0 Å². The highest BCUT2D eigenvalue weighted by molar-refractivity contribution is 5.69. The molecule has 4 heteroatoms. The summed E-state index contributed by atoms with van der Waals surface area (Å²) in [5.74, 6) is 1.85. The first-order chi connectivity index (χ1) is 9.28. The summed E-state index contributed by atoms with van der Waals surface area (Å²) in [6, 6.07) is 8.68. The fourth-order valence-electron chi connectivity index (χ4n) is 2.24. The van der Waals surface area contributed by atoms with Crippen molar-refractivity contribution in [3.05, 3.63) is 35.8 Å². The molecule has 1 aromatic heterocycles. The molecule has 1 aliphatic rings. The van der Waals surface area contributed by atoms with Crippen molar-refractivity contribution >= 4 is 0 Å². The van der Waals surface area contributed by atoms with Crippen LogP contribution >= 0.6 is 0 Å². The smallest absolute Gasteiger partial charge is 0.128 e. The Morgan fingerprint density at radius 2 is 2.16 bits per heavy atom. The molecular weight excluding hydrogens is 238 g/mol. The number of aryl methyl sites for hydroxylation is 1. The van der Waals surface area contributed by atoms with E-state index in [4.69, 9.17) is 9.72 Å². The van der Waals surface area contributed by atoms with Gasteiger partial charge in [0.15, 0.2) is 0 Å². The van der Waals surface area contributed by atoms with Crippen molar-refractivity contribution in [2.75, 3.05) is 7.11 Å². The lowest BCUT2D eigenvalue weighted by Gasteiger charge is -2.06. The molecule has 0 unspecified atom stereocenters. The summed E-state index contributed by atoms with van der Waals surface area (Å²) in [5.41, 5.74) is 3.10. The number of imidazole rings is 1. The highest BCUT2D eigenvalue weighted by atomic mass is 16.5. The van der Waals surface area contributed by atoms with E-state index in [1.807, 2.05) is 24.3 Å². The minimum Gasteiger partial charge on any atom is -0.496 e. The number of methoxy groups -OCH3 is 1. The van der Waals surface area contributed by atoms with Gasteiger partial charge in [-0.25, -0.2) is 4.98 Å². The average molecular weight is 257 g/mol. The van der Waals surface area contributed by atoms with Crippen LogP contribution in [0, 0.1) is 6.92 Å². The molecule has 4 nitrogen and oxygen atoms in total. The molecule has 2 N–H and O–H groups in total. The molecule has 0 aliphatic heterocycles. The van der Waals surface area contributed by atoms with E-state index in [0.717, 1.165) is 35.1 Å². The molecule has 0 bridgehead atoms. The van der Waals surface area contributed by atoms with Gasteiger partial charge in [-0.15, -0.1) is 0 Å². The number of hydrogen-bond donors (Lipinski definition) is 2. The number of hydrogen-bond acceptors (Lipinski definition) is 3. The van der Waals surface area contributed by atoms with Gasteiger partial charge >= 0.3 is 0 Å². The van der Waals surface area contributed by atoms with E-state index < -0.39 is 0 Å². The van der Waals surface area contributed by atoms with Crippen LogP contribution in [0.2, 0.25) is 0 Å². The number of aromatic nitrogens is 2. The molecule has 0 spiro atoms. The monoisotopic (exact) mass is 257 g/mol. The number of nitrogens with zero attached hydrogens (tertiary/aromatic N) is 1. The summed E-state index contributed by atoms with van der Waals surface area (Å²) in [5, 5.41) is 3.47. The predicted octanol–water partition coefficient (Wildman–Crippen LogP) is 2.65. The Morgan fingerprint density at radius 3 is 2.89 bits per heavy atom. The fraction of sp³-hybridized carbons (Fsp3) is 0.400. The number of rotatable bonds is 5. The first-order valence-corrected chi connectivity index (χ1v) is 6.70. The molecule has 1 saturated carbocycles. The minimum absolute atomic E-state index is 0.695. The summed E-state index contributed by atoms with van der Waals surface area (Å²) >= 11 is 0. The van der Waals surface area contributed by atoms with E-state index in [2.05, 4.69) is 17.2 Å². The molecule has 3 rings (SSSR count). The number of para-hydroxylation sites is 1. The second-order valence-corrected chi connectivity index (χ2v) is 5.01. The second-order valence-electron chi connectivity index (χ2n) is 5.01. The Morgan fingerprint density at radius 1 is 1.37 bits per heavy atom. The Bertz CT molecular complexity index is 573. The van der Waals surface area contributed by atoms with Gasteiger partial charge < -0.3 is 15.0 Å². The molecular formula is C15H19N3O. The molecule has 1 heterocycles. The van der Waals surface area contributed by atoms with Crippen LogP contribution in [0.3, 0.4) is 0 Å². The van der Waals surface area contributed by atoms with Gasteiger partial charge in [-0.05, 0) is 31.9 Å². The number of ether oxygens (including phenoxy) is 1. The highest BCUT2D eigenvalue weighted by Gasteiger charge is 2.21. The number of nitrogens with one attached hydrogen (secondary N) is 2. The van der Waals surface area contributed by atoms with E-state index in [-0.39, 0.29) is 0 Å². The summed E-state index contributed by atoms with van der Waals surface area (Å²) in [7, 11) is 1.69. The van der Waals surface area contributed by atoms with Crippen molar-refractivity contribution in [1.82, 2.24) is 15.3 Å². The topological polar surface area (TPSA) is 49.9 Å². The van der Waals surface area contributed by atoms with Crippen LogP contribution in [-0.4, -0.2) is 23.1 Å². The molecule has 1 fully saturated rings. The molecule has 1 aliphatic carbocycles. The Hall–Kier alpha value is -1.81. The van der Waals surface area contributed by atoms with Gasteiger partial charge in [-0.3, -0.25) is 0 Å². The molecule has 0 amide bonds. The first kappa shape index (κ1) is 12.2. The van der Waals surface area contributed by atoms with Crippen molar-refractivity contribution in [2.24, 2.45) is 0 Å². The number of benzene rings is 1. The number of H-pyrrole nitrogens is 1. The third-order valence-corrected chi connectivity index (χ3v) is 3.43. The van der Waals surface area contributed by atoms with Crippen LogP contribution in [0.5, 0.6) is 5.75 Å². The number of aromatic amines is 1. The van der Waals surface area contributed by atoms with E-state index in [0.29, 0.717) is 6.04 Å². The lowest BCUT2D eigenvalue weighted by atomic mass is 10.1. The Kier molecular flexibility index (Phi) is 3.25. The second kappa shape index (κ2) is 5.05. The predicted molar refractivity (Wildman–Crippen MR) is 75.2 cm³/mol. The Balaban J connectivity index is 1.86. The Labute approximate surface area is 113 Å². The van der Waals surface area contributed by atoms with Gasteiger partial charge in [0.25, 0.3) is 0 Å². The first-order valence-electron chi connectivity index (χ1n) is 6.70. The van der Waals surface area contributed by atoms with Crippen LogP contribution in [-0.2, 0) is 6.54 Å². The van der Waals surface area contributed by atoms with Gasteiger partial charge in [-0.1, -0.05) is 12.1 Å². The summed E-state index contributed by atoms with van der Waals surface area (Å²) in [4.78, 5) is 8.04. The van der Waals surface area contributed by atoms with Crippen molar-refractivity contribution in [2.45, 2.75) is 32.4 Å². The minimum atomic E-state index is 0.695. The maximum absolute atomic E-state index is 5.40. The third kappa shape index (κ3) is 2.63. The van der Waals surface area contributed by atoms with Crippen molar-refractivity contribution < 1.29 is 4.74 Å². The van der Waals surface area contributed by atoms with Crippen LogP contribution in [0.25, 0.3) is 11.3 Å². The normalized spacial score (nSPS) is 14.6. The molecule has 100 valence electrons. The lowest BCUT2D eigenvalue weighted by molar-refractivity contribution is 0.416. The summed E-state index contributed by atoms with van der Waals surface area (Å²) < 4.78 is 5.40. The standard InChI is InChI=1S/C15H19N3O/c1-10-15(12-5-3-4-6-13(12)19-2)18-14(17-10)9-16-11-7-8-11/h3-6,11,16H,7-9H2,1-2H3,(H,17,18). The van der Waals surface area contributed by atoms with Crippen molar-refractivity contribution in [1.29, 1.82) is 0 Å². The van der Waals surface area contributed by atoms with Crippen LogP contribution in [0.15, 0.2) is 24.3 Å².